The number of piperidine rings is 1. The first kappa shape index (κ1) is 27.2. The fraction of sp³-hybridized carbons (Fsp3) is 0.387. The molecule has 2 saturated heterocycles. The number of carbonyl (C=O) groups is 1. The minimum atomic E-state index is -4.42. The molecular weight excluding hydrogens is 534 g/mol. The van der Waals surface area contributed by atoms with E-state index in [9.17, 15) is 18.0 Å². The Morgan fingerprint density at radius 1 is 1.07 bits per heavy atom. The lowest BCUT2D eigenvalue weighted by molar-refractivity contribution is -0.138. The van der Waals surface area contributed by atoms with Gasteiger partial charge in [-0.05, 0) is 36.5 Å². The van der Waals surface area contributed by atoms with Gasteiger partial charge < -0.3 is 10.6 Å². The second-order valence-electron chi connectivity index (χ2n) is 11.9. The molecule has 2 aliphatic rings. The molecule has 0 spiro atoms. The second kappa shape index (κ2) is 9.56. The maximum Gasteiger partial charge on any atom is 0.416 e. The van der Waals surface area contributed by atoms with Crippen LogP contribution in [0.3, 0.4) is 0 Å². The van der Waals surface area contributed by atoms with Crippen LogP contribution in [0.15, 0.2) is 54.7 Å². The summed E-state index contributed by atoms with van der Waals surface area (Å²) in [6.07, 6.45) is -0.956. The Morgan fingerprint density at radius 2 is 1.80 bits per heavy atom. The van der Waals surface area contributed by atoms with Crippen molar-refractivity contribution in [2.24, 2.45) is 5.41 Å². The van der Waals surface area contributed by atoms with Crippen molar-refractivity contribution in [3.05, 3.63) is 83.2 Å². The maximum absolute atomic E-state index is 15.3. The Morgan fingerprint density at radius 3 is 2.51 bits per heavy atom. The molecule has 0 bridgehead atoms. The molecule has 3 atom stereocenters. The molecule has 4 heterocycles. The van der Waals surface area contributed by atoms with Gasteiger partial charge in [-0.3, -0.25) is 9.20 Å². The summed E-state index contributed by atoms with van der Waals surface area (Å²) in [5, 5.41) is 0. The van der Waals surface area contributed by atoms with Gasteiger partial charge in [-0.25, -0.2) is 9.97 Å². The lowest BCUT2D eigenvalue weighted by Crippen LogP contribution is -2.42. The second-order valence-corrected chi connectivity index (χ2v) is 11.9. The van der Waals surface area contributed by atoms with E-state index in [1.54, 1.807) is 6.07 Å². The molecule has 0 unspecified atom stereocenters. The average Bonchev–Trinajstić information content (AvgIpc) is 3.46. The molecule has 214 valence electrons. The highest BCUT2D eigenvalue weighted by Crippen LogP contribution is 2.44. The standard InChI is InChI=1S/C31H31F4N5O/c1-17(20-5-4-6-22(13-20)31(33,34)35)18-7-9-19(10-8-18)25-26-27(36)37-15-24(32)40(26)28(38-25)21-11-12-23-14-30(2,3)29(41)39(23)16-21/h4-10,13,15,17,21,23H,11-12,14,16H2,1-3H3,(H2,36,37)/t17-,21+,23-/m0/s1. The molecule has 0 saturated carbocycles. The SMILES string of the molecule is C[C@@H](c1ccc(-c2nc([C@@H]3CC[C@H]4CC(C)(C)C(=O)N4C3)n3c(F)cnc(N)c23)cc1)c1cccc(C(F)(F)F)c1. The van der Waals surface area contributed by atoms with Gasteiger partial charge in [-0.1, -0.05) is 63.2 Å². The molecule has 0 radical (unpaired) electrons. The van der Waals surface area contributed by atoms with E-state index < -0.39 is 23.1 Å². The van der Waals surface area contributed by atoms with Crippen LogP contribution in [-0.2, 0) is 11.0 Å². The molecular formula is C31H31F4N5O. The van der Waals surface area contributed by atoms with Crippen molar-refractivity contribution in [3.63, 3.8) is 0 Å². The van der Waals surface area contributed by atoms with Crippen molar-refractivity contribution in [2.75, 3.05) is 12.3 Å². The Balaban J connectivity index is 1.35. The van der Waals surface area contributed by atoms with Crippen molar-refractivity contribution < 1.29 is 22.4 Å². The monoisotopic (exact) mass is 565 g/mol. The van der Waals surface area contributed by atoms with E-state index in [1.807, 2.05) is 49.9 Å². The molecule has 2 N–H and O–H groups in total. The number of hydrogen-bond acceptors (Lipinski definition) is 4. The van der Waals surface area contributed by atoms with Crippen molar-refractivity contribution in [2.45, 2.75) is 64.1 Å². The molecule has 2 aromatic heterocycles. The first-order valence-corrected chi connectivity index (χ1v) is 13.8. The number of aromatic nitrogens is 3. The highest BCUT2D eigenvalue weighted by atomic mass is 19.4. The van der Waals surface area contributed by atoms with Crippen molar-refractivity contribution in [1.29, 1.82) is 0 Å². The van der Waals surface area contributed by atoms with Gasteiger partial charge >= 0.3 is 6.18 Å². The Labute approximate surface area is 235 Å². The number of halogens is 4. The number of nitrogens with two attached hydrogens (primary N) is 1. The topological polar surface area (TPSA) is 76.5 Å². The van der Waals surface area contributed by atoms with E-state index in [2.05, 4.69) is 4.98 Å². The van der Waals surface area contributed by atoms with E-state index in [4.69, 9.17) is 10.7 Å². The molecule has 0 aliphatic carbocycles. The predicted octanol–water partition coefficient (Wildman–Crippen LogP) is 6.79. The molecule has 41 heavy (non-hydrogen) atoms. The van der Waals surface area contributed by atoms with Crippen LogP contribution in [0.1, 0.15) is 74.4 Å². The third-order valence-electron chi connectivity index (χ3n) is 8.72. The Bertz CT molecular complexity index is 1640. The predicted molar refractivity (Wildman–Crippen MR) is 148 cm³/mol. The number of anilines is 1. The molecule has 2 aromatic carbocycles. The molecule has 6 nitrogen and oxygen atoms in total. The number of imidazole rings is 1. The fourth-order valence-corrected chi connectivity index (χ4v) is 6.48. The van der Waals surface area contributed by atoms with Gasteiger partial charge in [0.15, 0.2) is 0 Å². The van der Waals surface area contributed by atoms with Crippen LogP contribution in [0.5, 0.6) is 0 Å². The number of alkyl halides is 3. The normalized spacial score (nSPS) is 21.3. The van der Waals surface area contributed by atoms with Crippen LogP contribution in [-0.4, -0.2) is 37.8 Å². The summed E-state index contributed by atoms with van der Waals surface area (Å²) in [5.41, 5.74) is 8.04. The van der Waals surface area contributed by atoms with Gasteiger partial charge in [0.1, 0.15) is 22.9 Å². The largest absolute Gasteiger partial charge is 0.416 e. The zero-order valence-corrected chi connectivity index (χ0v) is 23.0. The summed E-state index contributed by atoms with van der Waals surface area (Å²) in [5.74, 6) is -0.315. The van der Waals surface area contributed by atoms with Gasteiger partial charge in [-0.2, -0.15) is 17.6 Å². The zero-order valence-electron chi connectivity index (χ0n) is 23.0. The first-order valence-electron chi connectivity index (χ1n) is 13.8. The highest BCUT2D eigenvalue weighted by molar-refractivity contribution is 5.86. The number of fused-ring (bicyclic) bond motifs is 2. The van der Waals surface area contributed by atoms with Crippen LogP contribution in [0, 0.1) is 11.4 Å². The third-order valence-corrected chi connectivity index (χ3v) is 8.72. The molecule has 1 amide bonds. The fourth-order valence-electron chi connectivity index (χ4n) is 6.48. The van der Waals surface area contributed by atoms with Crippen molar-refractivity contribution in [3.8, 4) is 11.3 Å². The Hall–Kier alpha value is -3.95. The number of carbonyl (C=O) groups excluding carboxylic acids is 1. The number of hydrogen-bond donors (Lipinski definition) is 1. The average molecular weight is 566 g/mol. The molecule has 4 aromatic rings. The van der Waals surface area contributed by atoms with Crippen LogP contribution in [0.4, 0.5) is 23.4 Å². The van der Waals surface area contributed by atoms with Gasteiger partial charge in [0.25, 0.3) is 0 Å². The Kier molecular flexibility index (Phi) is 6.35. The number of nitrogens with zero attached hydrogens (tertiary/aromatic N) is 4. The molecule has 2 aliphatic heterocycles. The van der Waals surface area contributed by atoms with Crippen LogP contribution >= 0.6 is 0 Å². The van der Waals surface area contributed by atoms with Crippen LogP contribution < -0.4 is 5.73 Å². The lowest BCUT2D eigenvalue weighted by atomic mass is 9.87. The van der Waals surface area contributed by atoms with Crippen molar-refractivity contribution >= 4 is 17.2 Å². The van der Waals surface area contributed by atoms with E-state index in [1.165, 1.54) is 16.5 Å². The quantitative estimate of drug-likeness (QED) is 0.277. The van der Waals surface area contributed by atoms with Gasteiger partial charge in [0.05, 0.1) is 11.8 Å². The van der Waals surface area contributed by atoms with E-state index >= 15 is 4.39 Å². The van der Waals surface area contributed by atoms with Crippen molar-refractivity contribution in [1.82, 2.24) is 19.3 Å². The summed E-state index contributed by atoms with van der Waals surface area (Å²) in [4.78, 5) is 23.9. The van der Waals surface area contributed by atoms with Crippen LogP contribution in [0.2, 0.25) is 0 Å². The highest BCUT2D eigenvalue weighted by Gasteiger charge is 2.48. The van der Waals surface area contributed by atoms with E-state index in [-0.39, 0.29) is 29.6 Å². The summed E-state index contributed by atoms with van der Waals surface area (Å²) >= 11 is 0. The number of nitrogen functional groups attached to an aromatic ring is 1. The smallest absolute Gasteiger partial charge is 0.382 e. The number of rotatable bonds is 4. The van der Waals surface area contributed by atoms with E-state index in [0.29, 0.717) is 34.7 Å². The van der Waals surface area contributed by atoms with Crippen LogP contribution in [0.25, 0.3) is 16.8 Å². The molecule has 6 rings (SSSR count). The van der Waals surface area contributed by atoms with Gasteiger partial charge in [-0.15, -0.1) is 0 Å². The van der Waals surface area contributed by atoms with Gasteiger partial charge in [0, 0.05) is 35.4 Å². The number of amides is 1. The van der Waals surface area contributed by atoms with E-state index in [0.717, 1.165) is 37.1 Å². The maximum atomic E-state index is 15.3. The summed E-state index contributed by atoms with van der Waals surface area (Å²) in [7, 11) is 0. The molecule has 2 fully saturated rings. The van der Waals surface area contributed by atoms with Gasteiger partial charge in [0.2, 0.25) is 11.9 Å². The number of benzene rings is 2. The summed E-state index contributed by atoms with van der Waals surface area (Å²) in [6.45, 7) is 6.24. The zero-order chi connectivity index (χ0) is 29.3. The summed E-state index contributed by atoms with van der Waals surface area (Å²) < 4.78 is 56.4. The molecule has 10 heteroatoms. The minimum Gasteiger partial charge on any atom is -0.382 e. The minimum absolute atomic E-state index is 0.111. The lowest BCUT2D eigenvalue weighted by Gasteiger charge is -2.34. The summed E-state index contributed by atoms with van der Waals surface area (Å²) in [6, 6.07) is 12.8. The third kappa shape index (κ3) is 4.63. The first-order chi connectivity index (χ1) is 19.3.